The molecule has 0 radical (unpaired) electrons. The zero-order chi connectivity index (χ0) is 7.44. The minimum absolute atomic E-state index is 0.215. The van der Waals surface area contributed by atoms with Gasteiger partial charge in [-0.05, 0) is 19.4 Å². The average molecular weight is 131 g/mol. The fourth-order valence-corrected chi connectivity index (χ4v) is 0.635. The zero-order valence-corrected chi connectivity index (χ0v) is 5.79. The topological polar surface area (TPSA) is 55.5 Å². The maximum absolute atomic E-state index is 8.23. The zero-order valence-electron chi connectivity index (χ0n) is 5.79. The van der Waals surface area contributed by atoms with Crippen molar-refractivity contribution >= 4 is 0 Å². The Hall–Kier alpha value is -0.380. The highest BCUT2D eigenvalue weighted by Crippen LogP contribution is 2.04. The fourth-order valence-electron chi connectivity index (χ4n) is 0.635. The van der Waals surface area contributed by atoms with Crippen molar-refractivity contribution in [2.24, 2.45) is 5.73 Å². The molecule has 0 unspecified atom stereocenters. The van der Waals surface area contributed by atoms with E-state index < -0.39 is 6.10 Å². The minimum atomic E-state index is -0.440. The first kappa shape index (κ1) is 8.62. The maximum Gasteiger partial charge on any atom is 0.128 e. The van der Waals surface area contributed by atoms with Crippen LogP contribution in [-0.4, -0.2) is 17.4 Å². The molecule has 0 spiro atoms. The van der Waals surface area contributed by atoms with Crippen LogP contribution in [0.5, 0.6) is 0 Å². The summed E-state index contributed by atoms with van der Waals surface area (Å²) >= 11 is 0. The molecular weight excluding hydrogens is 118 g/mol. The second-order valence-electron chi connectivity index (χ2n) is 2.23. The molecule has 54 valence electrons. The average Bonchev–Trinajstić information content (AvgIpc) is 1.64. The van der Waals surface area contributed by atoms with Crippen molar-refractivity contribution in [1.82, 2.24) is 0 Å². The highest BCUT2D eigenvalue weighted by molar-refractivity contribution is 5.00. The summed E-state index contributed by atoms with van der Waals surface area (Å²) in [5, 5.41) is 8.23. The van der Waals surface area contributed by atoms with E-state index in [4.69, 9.17) is 11.0 Å². The molecule has 0 bridgehead atoms. The second-order valence-corrected chi connectivity index (χ2v) is 2.23. The summed E-state index contributed by atoms with van der Waals surface area (Å²) in [6, 6.07) is -0.215. The quantitative estimate of drug-likeness (QED) is 0.338. The highest BCUT2D eigenvalue weighted by atomic mass is 17.1. The van der Waals surface area contributed by atoms with Crippen molar-refractivity contribution in [3.05, 3.63) is 12.2 Å². The van der Waals surface area contributed by atoms with Crippen LogP contribution in [0.1, 0.15) is 13.8 Å². The standard InChI is InChI=1S/C6H13NO2/c1-4(2)6(9-8)5(3)7/h5-6,8H,1,7H2,2-3H3/t5-,6-/m0/s1. The van der Waals surface area contributed by atoms with Gasteiger partial charge >= 0.3 is 0 Å². The van der Waals surface area contributed by atoms with Gasteiger partial charge in [-0.1, -0.05) is 6.58 Å². The lowest BCUT2D eigenvalue weighted by Crippen LogP contribution is -2.33. The van der Waals surface area contributed by atoms with E-state index in [1.54, 1.807) is 13.8 Å². The predicted octanol–water partition coefficient (Wildman–Crippen LogP) is 0.768. The van der Waals surface area contributed by atoms with E-state index in [2.05, 4.69) is 11.5 Å². The van der Waals surface area contributed by atoms with Crippen molar-refractivity contribution in [3.63, 3.8) is 0 Å². The lowest BCUT2D eigenvalue weighted by Gasteiger charge is -2.16. The van der Waals surface area contributed by atoms with E-state index in [-0.39, 0.29) is 6.04 Å². The van der Waals surface area contributed by atoms with Crippen LogP contribution in [0.2, 0.25) is 0 Å². The van der Waals surface area contributed by atoms with Crippen LogP contribution < -0.4 is 5.73 Å². The third-order valence-electron chi connectivity index (χ3n) is 1.08. The molecule has 0 saturated carbocycles. The molecule has 0 fully saturated rings. The van der Waals surface area contributed by atoms with Crippen molar-refractivity contribution in [1.29, 1.82) is 0 Å². The largest absolute Gasteiger partial charge is 0.325 e. The van der Waals surface area contributed by atoms with Crippen LogP contribution in [0, 0.1) is 0 Å². The van der Waals surface area contributed by atoms with Gasteiger partial charge in [-0.3, -0.25) is 5.26 Å². The molecule has 0 saturated heterocycles. The lowest BCUT2D eigenvalue weighted by atomic mass is 10.1. The van der Waals surface area contributed by atoms with Crippen LogP contribution in [0.4, 0.5) is 0 Å². The van der Waals surface area contributed by atoms with Gasteiger partial charge in [0.1, 0.15) is 6.10 Å². The van der Waals surface area contributed by atoms with E-state index in [0.29, 0.717) is 0 Å². The second kappa shape index (κ2) is 3.61. The molecular formula is C6H13NO2. The molecule has 2 atom stereocenters. The number of hydrogen-bond acceptors (Lipinski definition) is 3. The molecule has 0 aromatic carbocycles. The lowest BCUT2D eigenvalue weighted by molar-refractivity contribution is -0.271. The van der Waals surface area contributed by atoms with E-state index in [1.807, 2.05) is 0 Å². The Labute approximate surface area is 55.1 Å². The number of nitrogens with two attached hydrogens (primary N) is 1. The first-order valence-electron chi connectivity index (χ1n) is 2.80. The van der Waals surface area contributed by atoms with Gasteiger partial charge in [-0.15, -0.1) is 0 Å². The summed E-state index contributed by atoms with van der Waals surface area (Å²) in [5.41, 5.74) is 6.13. The summed E-state index contributed by atoms with van der Waals surface area (Å²) in [6.07, 6.45) is -0.440. The van der Waals surface area contributed by atoms with Crippen LogP contribution in [0.3, 0.4) is 0 Å². The molecule has 3 N–H and O–H groups in total. The molecule has 0 aliphatic heterocycles. The van der Waals surface area contributed by atoms with Gasteiger partial charge in [0.05, 0.1) is 0 Å². The van der Waals surface area contributed by atoms with E-state index >= 15 is 0 Å². The summed E-state index contributed by atoms with van der Waals surface area (Å²) in [4.78, 5) is 4.05. The Morgan fingerprint density at radius 2 is 2.22 bits per heavy atom. The Bertz CT molecular complexity index is 101. The smallest absolute Gasteiger partial charge is 0.128 e. The van der Waals surface area contributed by atoms with Crippen molar-refractivity contribution < 1.29 is 10.1 Å². The molecule has 0 rings (SSSR count). The summed E-state index contributed by atoms with van der Waals surface area (Å²) < 4.78 is 0. The van der Waals surface area contributed by atoms with Gasteiger partial charge in [-0.25, -0.2) is 4.89 Å². The van der Waals surface area contributed by atoms with E-state index in [9.17, 15) is 0 Å². The molecule has 0 aromatic heterocycles. The first-order chi connectivity index (χ1) is 4.09. The summed E-state index contributed by atoms with van der Waals surface area (Å²) in [5.74, 6) is 0. The number of rotatable bonds is 3. The predicted molar refractivity (Wildman–Crippen MR) is 36.0 cm³/mol. The third kappa shape index (κ3) is 2.60. The molecule has 0 aliphatic carbocycles. The van der Waals surface area contributed by atoms with Crippen molar-refractivity contribution in [3.8, 4) is 0 Å². The van der Waals surface area contributed by atoms with Gasteiger partial charge in [0, 0.05) is 6.04 Å². The van der Waals surface area contributed by atoms with Crippen LogP contribution >= 0.6 is 0 Å². The van der Waals surface area contributed by atoms with Gasteiger partial charge in [-0.2, -0.15) is 0 Å². The molecule has 0 heterocycles. The molecule has 3 nitrogen and oxygen atoms in total. The SMILES string of the molecule is C=C(C)[C@H](OO)[C@H](C)N. The third-order valence-corrected chi connectivity index (χ3v) is 1.08. The van der Waals surface area contributed by atoms with Gasteiger partial charge in [0.25, 0.3) is 0 Å². The molecule has 0 amide bonds. The van der Waals surface area contributed by atoms with Gasteiger partial charge in [0.15, 0.2) is 0 Å². The molecule has 9 heavy (non-hydrogen) atoms. The Kier molecular flexibility index (Phi) is 3.46. The van der Waals surface area contributed by atoms with Crippen LogP contribution in [0.25, 0.3) is 0 Å². The number of hydrogen-bond donors (Lipinski definition) is 2. The Morgan fingerprint density at radius 3 is 2.22 bits per heavy atom. The van der Waals surface area contributed by atoms with Crippen LogP contribution in [-0.2, 0) is 4.89 Å². The summed E-state index contributed by atoms with van der Waals surface area (Å²) in [6.45, 7) is 7.08. The van der Waals surface area contributed by atoms with E-state index in [0.717, 1.165) is 5.57 Å². The van der Waals surface area contributed by atoms with E-state index in [1.165, 1.54) is 0 Å². The highest BCUT2D eigenvalue weighted by Gasteiger charge is 2.13. The van der Waals surface area contributed by atoms with Crippen molar-refractivity contribution in [2.45, 2.75) is 26.0 Å². The maximum atomic E-state index is 8.23. The van der Waals surface area contributed by atoms with Crippen LogP contribution in [0.15, 0.2) is 12.2 Å². The minimum Gasteiger partial charge on any atom is -0.325 e. The van der Waals surface area contributed by atoms with Crippen molar-refractivity contribution in [2.75, 3.05) is 0 Å². The molecule has 0 aromatic rings. The molecule has 0 aliphatic rings. The van der Waals surface area contributed by atoms with Gasteiger partial charge in [0.2, 0.25) is 0 Å². The normalized spacial score (nSPS) is 16.9. The molecule has 3 heteroatoms. The first-order valence-corrected chi connectivity index (χ1v) is 2.80. The summed E-state index contributed by atoms with van der Waals surface area (Å²) in [7, 11) is 0. The monoisotopic (exact) mass is 131 g/mol. The Morgan fingerprint density at radius 1 is 1.78 bits per heavy atom. The fraction of sp³-hybridized carbons (Fsp3) is 0.667. The Balaban J connectivity index is 3.83. The van der Waals surface area contributed by atoms with Gasteiger partial charge < -0.3 is 5.73 Å².